The first-order valence-electron chi connectivity index (χ1n) is 8.90. The third-order valence-corrected chi connectivity index (χ3v) is 6.40. The molecule has 2 aromatic carbocycles. The molecule has 27 heavy (non-hydrogen) atoms. The third kappa shape index (κ3) is 4.36. The number of likely N-dealkylation sites (tertiary alicyclic amines) is 1. The van der Waals surface area contributed by atoms with Crippen molar-refractivity contribution in [2.24, 2.45) is 0 Å². The highest BCUT2D eigenvalue weighted by molar-refractivity contribution is 7.91. The summed E-state index contributed by atoms with van der Waals surface area (Å²) in [6.07, 6.45) is 1.49. The fourth-order valence-corrected chi connectivity index (χ4v) is 4.10. The van der Waals surface area contributed by atoms with Gasteiger partial charge in [-0.25, -0.2) is 8.42 Å². The quantitative estimate of drug-likeness (QED) is 0.827. The molecule has 1 heterocycles. The average Bonchev–Trinajstić information content (AvgIpc) is 3.07. The molecule has 0 spiro atoms. The molecule has 7 heteroatoms. The number of nitrogens with zero attached hydrogens (tertiary/aromatic N) is 1. The van der Waals surface area contributed by atoms with Gasteiger partial charge in [0.15, 0.2) is 9.84 Å². The summed E-state index contributed by atoms with van der Waals surface area (Å²) in [5.41, 5.74) is 1.65. The first-order valence-corrected chi connectivity index (χ1v) is 10.6. The Morgan fingerprint density at radius 3 is 2.44 bits per heavy atom. The lowest BCUT2D eigenvalue weighted by atomic mass is 10.1. The summed E-state index contributed by atoms with van der Waals surface area (Å²) in [4.78, 5) is 26.1. The standard InChI is InChI=1S/C20H22N2O4S/c1-2-27(25,26)18-7-4-3-6-17(18)21-20(24)16-11-9-15(10-12-16)14-22-13-5-8-19(22)23/h3-4,6-7,9-12H,2,5,8,13-14H2,1H3,(H,21,24). The number of hydrogen-bond acceptors (Lipinski definition) is 4. The molecule has 2 amide bonds. The monoisotopic (exact) mass is 386 g/mol. The summed E-state index contributed by atoms with van der Waals surface area (Å²) in [7, 11) is -3.43. The van der Waals surface area contributed by atoms with Crippen molar-refractivity contribution < 1.29 is 18.0 Å². The molecule has 1 saturated heterocycles. The second-order valence-electron chi connectivity index (χ2n) is 6.47. The van der Waals surface area contributed by atoms with Gasteiger partial charge in [-0.2, -0.15) is 0 Å². The van der Waals surface area contributed by atoms with Crippen LogP contribution in [0.1, 0.15) is 35.7 Å². The predicted molar refractivity (Wildman–Crippen MR) is 103 cm³/mol. The van der Waals surface area contributed by atoms with Crippen molar-refractivity contribution >= 4 is 27.3 Å². The molecule has 1 fully saturated rings. The molecule has 0 aromatic heterocycles. The van der Waals surface area contributed by atoms with Gasteiger partial charge in [0, 0.05) is 25.1 Å². The minimum atomic E-state index is -3.43. The van der Waals surface area contributed by atoms with Crippen molar-refractivity contribution in [2.75, 3.05) is 17.6 Å². The van der Waals surface area contributed by atoms with Crippen LogP contribution in [0.5, 0.6) is 0 Å². The Balaban J connectivity index is 1.73. The van der Waals surface area contributed by atoms with E-state index in [0.717, 1.165) is 18.5 Å². The number of nitrogens with one attached hydrogen (secondary N) is 1. The van der Waals surface area contributed by atoms with E-state index in [-0.39, 0.29) is 28.2 Å². The minimum absolute atomic E-state index is 0.0379. The largest absolute Gasteiger partial charge is 0.338 e. The molecule has 2 aromatic rings. The second-order valence-corrected chi connectivity index (χ2v) is 8.72. The van der Waals surface area contributed by atoms with E-state index in [2.05, 4.69) is 5.32 Å². The van der Waals surface area contributed by atoms with Crippen molar-refractivity contribution in [3.8, 4) is 0 Å². The number of carbonyl (C=O) groups excluding carboxylic acids is 2. The number of carbonyl (C=O) groups is 2. The number of para-hydroxylation sites is 1. The van der Waals surface area contributed by atoms with Gasteiger partial charge >= 0.3 is 0 Å². The zero-order valence-corrected chi connectivity index (χ0v) is 16.0. The van der Waals surface area contributed by atoms with Crippen LogP contribution >= 0.6 is 0 Å². The van der Waals surface area contributed by atoms with Gasteiger partial charge in [-0.05, 0) is 36.2 Å². The highest BCUT2D eigenvalue weighted by Gasteiger charge is 2.20. The summed E-state index contributed by atoms with van der Waals surface area (Å²) >= 11 is 0. The van der Waals surface area contributed by atoms with Gasteiger partial charge in [0.1, 0.15) is 0 Å². The van der Waals surface area contributed by atoms with Crippen LogP contribution in [0, 0.1) is 0 Å². The van der Waals surface area contributed by atoms with Crippen molar-refractivity contribution in [2.45, 2.75) is 31.2 Å². The molecule has 0 radical (unpaired) electrons. The lowest BCUT2D eigenvalue weighted by molar-refractivity contribution is -0.128. The van der Waals surface area contributed by atoms with Gasteiger partial charge in [0.05, 0.1) is 16.3 Å². The van der Waals surface area contributed by atoms with Crippen LogP contribution in [-0.4, -0.2) is 37.4 Å². The molecule has 1 aliphatic rings. The summed E-state index contributed by atoms with van der Waals surface area (Å²) in [6, 6.07) is 13.4. The number of anilines is 1. The molecule has 3 rings (SSSR count). The highest BCUT2D eigenvalue weighted by atomic mass is 32.2. The van der Waals surface area contributed by atoms with Gasteiger partial charge in [0.25, 0.3) is 5.91 Å². The Morgan fingerprint density at radius 2 is 1.81 bits per heavy atom. The molecular weight excluding hydrogens is 364 g/mol. The zero-order valence-electron chi connectivity index (χ0n) is 15.1. The molecular formula is C20H22N2O4S. The first kappa shape index (κ1) is 19.1. The van der Waals surface area contributed by atoms with Gasteiger partial charge in [-0.15, -0.1) is 0 Å². The van der Waals surface area contributed by atoms with E-state index in [1.54, 1.807) is 42.2 Å². The van der Waals surface area contributed by atoms with Gasteiger partial charge < -0.3 is 10.2 Å². The van der Waals surface area contributed by atoms with Gasteiger partial charge in [0.2, 0.25) is 5.91 Å². The second kappa shape index (κ2) is 7.92. The smallest absolute Gasteiger partial charge is 0.255 e. The van der Waals surface area contributed by atoms with Crippen LogP contribution in [-0.2, 0) is 21.2 Å². The minimum Gasteiger partial charge on any atom is -0.338 e. The van der Waals surface area contributed by atoms with Gasteiger partial charge in [-0.1, -0.05) is 31.2 Å². The Kier molecular flexibility index (Phi) is 5.60. The maximum atomic E-state index is 12.5. The number of rotatable bonds is 6. The van der Waals surface area contributed by atoms with Crippen molar-refractivity contribution in [3.05, 3.63) is 59.7 Å². The van der Waals surface area contributed by atoms with E-state index in [1.165, 1.54) is 6.07 Å². The number of hydrogen-bond donors (Lipinski definition) is 1. The van der Waals surface area contributed by atoms with Crippen LogP contribution in [0.4, 0.5) is 5.69 Å². The molecule has 142 valence electrons. The summed E-state index contributed by atoms with van der Waals surface area (Å²) in [5.74, 6) is -0.257. The van der Waals surface area contributed by atoms with Crippen LogP contribution in [0.2, 0.25) is 0 Å². The highest BCUT2D eigenvalue weighted by Crippen LogP contribution is 2.23. The van der Waals surface area contributed by atoms with E-state index in [4.69, 9.17) is 0 Å². The average molecular weight is 386 g/mol. The van der Waals surface area contributed by atoms with E-state index < -0.39 is 9.84 Å². The van der Waals surface area contributed by atoms with Crippen molar-refractivity contribution in [1.29, 1.82) is 0 Å². The predicted octanol–water partition coefficient (Wildman–Crippen LogP) is 2.85. The van der Waals surface area contributed by atoms with Crippen LogP contribution < -0.4 is 5.32 Å². The Labute approximate surface area is 159 Å². The molecule has 6 nitrogen and oxygen atoms in total. The zero-order chi connectivity index (χ0) is 19.4. The molecule has 0 unspecified atom stereocenters. The summed E-state index contributed by atoms with van der Waals surface area (Å²) < 4.78 is 24.4. The van der Waals surface area contributed by atoms with Crippen molar-refractivity contribution in [1.82, 2.24) is 4.90 Å². The molecule has 1 aliphatic heterocycles. The summed E-state index contributed by atoms with van der Waals surface area (Å²) in [5, 5.41) is 2.68. The Bertz CT molecular complexity index is 952. The van der Waals surface area contributed by atoms with Gasteiger partial charge in [-0.3, -0.25) is 9.59 Å². The Morgan fingerprint density at radius 1 is 1.11 bits per heavy atom. The lowest BCUT2D eigenvalue weighted by Gasteiger charge is -2.15. The van der Waals surface area contributed by atoms with E-state index >= 15 is 0 Å². The lowest BCUT2D eigenvalue weighted by Crippen LogP contribution is -2.23. The fourth-order valence-electron chi connectivity index (χ4n) is 3.04. The van der Waals surface area contributed by atoms with E-state index in [9.17, 15) is 18.0 Å². The molecule has 0 aliphatic carbocycles. The number of amides is 2. The third-order valence-electron chi connectivity index (χ3n) is 4.61. The first-order chi connectivity index (χ1) is 12.9. The van der Waals surface area contributed by atoms with Crippen molar-refractivity contribution in [3.63, 3.8) is 0 Å². The van der Waals surface area contributed by atoms with Crippen LogP contribution in [0.3, 0.4) is 0 Å². The van der Waals surface area contributed by atoms with Crippen LogP contribution in [0.15, 0.2) is 53.4 Å². The fraction of sp³-hybridized carbons (Fsp3) is 0.300. The molecule has 0 bridgehead atoms. The molecule has 0 saturated carbocycles. The molecule has 1 N–H and O–H groups in total. The van der Waals surface area contributed by atoms with Crippen LogP contribution in [0.25, 0.3) is 0 Å². The maximum Gasteiger partial charge on any atom is 0.255 e. The SMILES string of the molecule is CCS(=O)(=O)c1ccccc1NC(=O)c1ccc(CN2CCCC2=O)cc1. The Hall–Kier alpha value is -2.67. The summed E-state index contributed by atoms with van der Waals surface area (Å²) in [6.45, 7) is 2.87. The van der Waals surface area contributed by atoms with E-state index in [1.807, 2.05) is 12.1 Å². The normalized spacial score (nSPS) is 14.4. The maximum absolute atomic E-state index is 12.5. The topological polar surface area (TPSA) is 83.6 Å². The number of benzene rings is 2. The molecule has 0 atom stereocenters. The number of sulfone groups is 1. The van der Waals surface area contributed by atoms with E-state index in [0.29, 0.717) is 18.5 Å².